The van der Waals surface area contributed by atoms with Gasteiger partial charge in [0.25, 0.3) is 5.69 Å². The van der Waals surface area contributed by atoms with Gasteiger partial charge in [-0.3, -0.25) is 19.2 Å². The summed E-state index contributed by atoms with van der Waals surface area (Å²) >= 11 is 0. The molecule has 1 saturated heterocycles. The van der Waals surface area contributed by atoms with Crippen molar-refractivity contribution < 1.29 is 32.5 Å². The number of hydrogen-bond acceptors (Lipinski definition) is 8. The summed E-state index contributed by atoms with van der Waals surface area (Å²) in [5, 5.41) is 10.7. The molecule has 2 atom stereocenters. The summed E-state index contributed by atoms with van der Waals surface area (Å²) in [7, 11) is -3.87. The molecule has 10 heteroatoms. The van der Waals surface area contributed by atoms with Gasteiger partial charge in [0.2, 0.25) is 0 Å². The Kier molecular flexibility index (Phi) is 4.73. The first-order valence-electron chi connectivity index (χ1n) is 8.29. The zero-order valence-electron chi connectivity index (χ0n) is 14.1. The first kappa shape index (κ1) is 17.8. The van der Waals surface area contributed by atoms with Crippen LogP contribution in [-0.2, 0) is 13.6 Å². The van der Waals surface area contributed by atoms with Crippen molar-refractivity contribution in [3.63, 3.8) is 0 Å². The van der Waals surface area contributed by atoms with Gasteiger partial charge in [0.05, 0.1) is 17.6 Å². The average molecular weight is 393 g/mol. The van der Waals surface area contributed by atoms with Crippen molar-refractivity contribution in [3.8, 4) is 17.2 Å². The molecule has 2 unspecified atom stereocenters. The van der Waals surface area contributed by atoms with Gasteiger partial charge in [-0.05, 0) is 29.8 Å². The first-order valence-corrected chi connectivity index (χ1v) is 9.75. The minimum absolute atomic E-state index is 0.0970. The van der Waals surface area contributed by atoms with Crippen LogP contribution in [0, 0.1) is 10.1 Å². The Labute approximate surface area is 154 Å². The summed E-state index contributed by atoms with van der Waals surface area (Å²) in [5.41, 5.74) is 0.676. The number of phosphoric ester groups is 1. The van der Waals surface area contributed by atoms with Gasteiger partial charge in [-0.15, -0.1) is 0 Å². The summed E-state index contributed by atoms with van der Waals surface area (Å²) in [6, 6.07) is 10.6. The van der Waals surface area contributed by atoms with Crippen LogP contribution in [0.3, 0.4) is 0 Å². The van der Waals surface area contributed by atoms with Crippen LogP contribution in [0.15, 0.2) is 42.5 Å². The topological polar surface area (TPSA) is 106 Å². The fourth-order valence-electron chi connectivity index (χ4n) is 2.80. The number of benzene rings is 2. The molecule has 0 radical (unpaired) electrons. The van der Waals surface area contributed by atoms with Crippen LogP contribution in [0.25, 0.3) is 0 Å². The van der Waals surface area contributed by atoms with Crippen LogP contribution in [-0.4, -0.2) is 24.7 Å². The number of non-ortho nitro benzene ring substituents is 1. The molecule has 0 amide bonds. The standard InChI is InChI=1S/C17H16NO8P/c19-18(20)13-2-4-14(5-3-13)25-27(21)24-8-7-15(26-27)12-1-6-16-17(11-12)23-10-9-22-16/h1-6,11,15H,7-10H2. The largest absolute Gasteiger partial charge is 0.530 e. The minimum atomic E-state index is -3.87. The fraction of sp³-hybridized carbons (Fsp3) is 0.294. The van der Waals surface area contributed by atoms with Crippen molar-refractivity contribution in [2.75, 3.05) is 19.8 Å². The van der Waals surface area contributed by atoms with E-state index in [0.29, 0.717) is 31.1 Å². The van der Waals surface area contributed by atoms with Gasteiger partial charge in [0.1, 0.15) is 19.0 Å². The van der Waals surface area contributed by atoms with E-state index in [1.807, 2.05) is 6.07 Å². The molecule has 2 aromatic rings. The molecule has 4 rings (SSSR count). The molecule has 0 bridgehead atoms. The second kappa shape index (κ2) is 7.19. The maximum absolute atomic E-state index is 12.8. The molecule has 0 aliphatic carbocycles. The SMILES string of the molecule is O=[N+]([O-])c1ccc(OP2(=O)OCCC(c3ccc4c(c3)OCCO4)O2)cc1. The van der Waals surface area contributed by atoms with Gasteiger partial charge < -0.3 is 14.0 Å². The lowest BCUT2D eigenvalue weighted by Gasteiger charge is -2.29. The van der Waals surface area contributed by atoms with E-state index in [0.717, 1.165) is 5.56 Å². The molecule has 0 aromatic heterocycles. The fourth-order valence-corrected chi connectivity index (χ4v) is 4.21. The Hall–Kier alpha value is -2.61. The molecule has 2 heterocycles. The zero-order chi connectivity index (χ0) is 18.9. The number of fused-ring (bicyclic) bond motifs is 1. The van der Waals surface area contributed by atoms with E-state index >= 15 is 0 Å². The van der Waals surface area contributed by atoms with E-state index < -0.39 is 18.8 Å². The van der Waals surface area contributed by atoms with E-state index in [-0.39, 0.29) is 18.0 Å². The van der Waals surface area contributed by atoms with Crippen molar-refractivity contribution in [2.24, 2.45) is 0 Å². The Morgan fingerprint density at radius 3 is 2.52 bits per heavy atom. The second-order valence-electron chi connectivity index (χ2n) is 5.91. The van der Waals surface area contributed by atoms with Crippen molar-refractivity contribution in [1.82, 2.24) is 0 Å². The molecule has 27 heavy (non-hydrogen) atoms. The van der Waals surface area contributed by atoms with Crippen LogP contribution in [0.5, 0.6) is 17.2 Å². The summed E-state index contributed by atoms with van der Waals surface area (Å²) < 4.78 is 40.1. The highest BCUT2D eigenvalue weighted by atomic mass is 31.2. The monoisotopic (exact) mass is 393 g/mol. The molecule has 2 aliphatic heterocycles. The van der Waals surface area contributed by atoms with Gasteiger partial charge in [-0.1, -0.05) is 6.07 Å². The minimum Gasteiger partial charge on any atom is -0.486 e. The van der Waals surface area contributed by atoms with E-state index in [2.05, 4.69) is 0 Å². The molecule has 1 fully saturated rings. The third-order valence-electron chi connectivity index (χ3n) is 4.09. The number of phosphoric acid groups is 1. The lowest BCUT2D eigenvalue weighted by atomic mass is 10.1. The lowest BCUT2D eigenvalue weighted by Crippen LogP contribution is -2.18. The number of ether oxygens (including phenoxy) is 2. The Morgan fingerprint density at radius 1 is 1.04 bits per heavy atom. The van der Waals surface area contributed by atoms with Crippen LogP contribution in [0.1, 0.15) is 18.1 Å². The second-order valence-corrected chi connectivity index (χ2v) is 7.45. The predicted octanol–water partition coefficient (Wildman–Crippen LogP) is 4.03. The van der Waals surface area contributed by atoms with E-state index in [4.69, 9.17) is 23.0 Å². The first-order chi connectivity index (χ1) is 13.0. The average Bonchev–Trinajstić information content (AvgIpc) is 2.68. The lowest BCUT2D eigenvalue weighted by molar-refractivity contribution is -0.384. The Balaban J connectivity index is 1.50. The van der Waals surface area contributed by atoms with Gasteiger partial charge in [0, 0.05) is 18.6 Å². The third kappa shape index (κ3) is 3.90. The summed E-state index contributed by atoms with van der Waals surface area (Å²) in [5.74, 6) is 1.43. The molecule has 2 aliphatic rings. The Morgan fingerprint density at radius 2 is 1.78 bits per heavy atom. The summed E-state index contributed by atoms with van der Waals surface area (Å²) in [6.07, 6.45) is -0.00812. The van der Waals surface area contributed by atoms with E-state index in [1.165, 1.54) is 24.3 Å². The van der Waals surface area contributed by atoms with Crippen LogP contribution >= 0.6 is 7.82 Å². The van der Waals surface area contributed by atoms with Crippen LogP contribution in [0.4, 0.5) is 5.69 Å². The maximum atomic E-state index is 12.8. The number of hydrogen-bond donors (Lipinski definition) is 0. The van der Waals surface area contributed by atoms with Crippen molar-refractivity contribution >= 4 is 13.5 Å². The molecular weight excluding hydrogens is 377 g/mol. The molecule has 0 saturated carbocycles. The van der Waals surface area contributed by atoms with Crippen molar-refractivity contribution in [3.05, 3.63) is 58.1 Å². The number of rotatable bonds is 4. The van der Waals surface area contributed by atoms with Gasteiger partial charge >= 0.3 is 7.82 Å². The summed E-state index contributed by atoms with van der Waals surface area (Å²) in [4.78, 5) is 10.2. The summed E-state index contributed by atoms with van der Waals surface area (Å²) in [6.45, 7) is 1.15. The number of nitro groups is 1. The van der Waals surface area contributed by atoms with Gasteiger partial charge in [-0.25, -0.2) is 4.57 Å². The normalized spacial score (nSPS) is 24.2. The Bertz CT molecular complexity index is 900. The highest BCUT2D eigenvalue weighted by Crippen LogP contribution is 2.57. The predicted molar refractivity (Wildman–Crippen MR) is 93.2 cm³/mol. The molecule has 0 N–H and O–H groups in total. The maximum Gasteiger partial charge on any atom is 0.530 e. The van der Waals surface area contributed by atoms with Crippen LogP contribution < -0.4 is 14.0 Å². The molecule has 0 spiro atoms. The van der Waals surface area contributed by atoms with Gasteiger partial charge in [0.15, 0.2) is 11.5 Å². The van der Waals surface area contributed by atoms with E-state index in [9.17, 15) is 14.7 Å². The number of nitro benzene ring substituents is 1. The number of nitrogens with zero attached hydrogens (tertiary/aromatic N) is 1. The molecule has 9 nitrogen and oxygen atoms in total. The quantitative estimate of drug-likeness (QED) is 0.435. The highest BCUT2D eigenvalue weighted by Gasteiger charge is 2.38. The van der Waals surface area contributed by atoms with Crippen molar-refractivity contribution in [1.29, 1.82) is 0 Å². The smallest absolute Gasteiger partial charge is 0.486 e. The molecule has 2 aromatic carbocycles. The van der Waals surface area contributed by atoms with Gasteiger partial charge in [-0.2, -0.15) is 0 Å². The van der Waals surface area contributed by atoms with Crippen LogP contribution in [0.2, 0.25) is 0 Å². The highest BCUT2D eigenvalue weighted by molar-refractivity contribution is 7.49. The van der Waals surface area contributed by atoms with Crippen molar-refractivity contribution in [2.45, 2.75) is 12.5 Å². The third-order valence-corrected chi connectivity index (χ3v) is 5.53. The molecular formula is C17H16NO8P. The van der Waals surface area contributed by atoms with E-state index in [1.54, 1.807) is 12.1 Å². The molecule has 142 valence electrons. The zero-order valence-corrected chi connectivity index (χ0v) is 15.0.